The summed E-state index contributed by atoms with van der Waals surface area (Å²) in [6.45, 7) is 7.62. The Morgan fingerprint density at radius 1 is 1.03 bits per heavy atom. The highest BCUT2D eigenvalue weighted by Gasteiger charge is 2.34. The van der Waals surface area contributed by atoms with E-state index in [1.807, 2.05) is 28.0 Å². The van der Waals surface area contributed by atoms with Crippen molar-refractivity contribution in [2.45, 2.75) is 32.2 Å². The number of piperazine rings is 1. The molecule has 0 radical (unpaired) electrons. The summed E-state index contributed by atoms with van der Waals surface area (Å²) in [6, 6.07) is 8.20. The monoisotopic (exact) mass is 480 g/mol. The van der Waals surface area contributed by atoms with Crippen molar-refractivity contribution in [3.05, 3.63) is 42.0 Å². The van der Waals surface area contributed by atoms with Gasteiger partial charge in [0.15, 0.2) is 0 Å². The molecule has 4 aliphatic rings. The zero-order chi connectivity index (χ0) is 24.2. The Bertz CT molecular complexity index is 923. The maximum absolute atomic E-state index is 13.4. The van der Waals surface area contributed by atoms with Gasteiger partial charge in [-0.15, -0.1) is 0 Å². The van der Waals surface area contributed by atoms with Crippen molar-refractivity contribution in [3.63, 3.8) is 0 Å². The number of benzene rings is 1. The highest BCUT2D eigenvalue weighted by Crippen LogP contribution is 2.32. The molecule has 0 unspecified atom stereocenters. The molecule has 7 heteroatoms. The summed E-state index contributed by atoms with van der Waals surface area (Å²) in [5.41, 5.74) is 1.14. The fraction of sp³-hybridized carbons (Fsp3) is 0.643. The number of rotatable bonds is 4. The second-order valence-corrected chi connectivity index (χ2v) is 10.9. The van der Waals surface area contributed by atoms with Gasteiger partial charge in [0, 0.05) is 64.3 Å². The SMILES string of the molecule is CN1CCN(C(=O)C[C@@H]2CCN3C[C@@H]2C=CCOc2ccccc2CN(CC2CC2)CC3=O)CC1. The maximum Gasteiger partial charge on any atom is 0.236 e. The third-order valence-electron chi connectivity index (χ3n) is 8.11. The smallest absolute Gasteiger partial charge is 0.236 e. The first-order valence-corrected chi connectivity index (χ1v) is 13.4. The second kappa shape index (κ2) is 11.1. The third kappa shape index (κ3) is 6.44. The van der Waals surface area contributed by atoms with Crippen LogP contribution in [0.1, 0.15) is 31.2 Å². The molecule has 35 heavy (non-hydrogen) atoms. The lowest BCUT2D eigenvalue weighted by Gasteiger charge is -2.39. The Morgan fingerprint density at radius 3 is 2.63 bits per heavy atom. The van der Waals surface area contributed by atoms with E-state index in [0.717, 1.165) is 63.5 Å². The Labute approximate surface area is 209 Å². The van der Waals surface area contributed by atoms with Crippen LogP contribution < -0.4 is 4.74 Å². The van der Waals surface area contributed by atoms with Crippen LogP contribution >= 0.6 is 0 Å². The summed E-state index contributed by atoms with van der Waals surface area (Å²) in [4.78, 5) is 35.1. The molecule has 0 spiro atoms. The quantitative estimate of drug-likeness (QED) is 0.620. The molecule has 1 aliphatic carbocycles. The van der Waals surface area contributed by atoms with Crippen molar-refractivity contribution >= 4 is 11.8 Å². The molecule has 2 atom stereocenters. The molecule has 3 heterocycles. The Hall–Kier alpha value is -2.38. The number of carbonyl (C=O) groups excluding carboxylic acids is 2. The molecule has 3 fully saturated rings. The van der Waals surface area contributed by atoms with E-state index in [2.05, 4.69) is 35.1 Å². The van der Waals surface area contributed by atoms with Crippen LogP contribution in [-0.2, 0) is 16.1 Å². The minimum atomic E-state index is 0.181. The van der Waals surface area contributed by atoms with Crippen molar-refractivity contribution in [1.29, 1.82) is 0 Å². The zero-order valence-corrected chi connectivity index (χ0v) is 21.1. The van der Waals surface area contributed by atoms with Gasteiger partial charge in [0.25, 0.3) is 0 Å². The van der Waals surface area contributed by atoms with E-state index in [1.165, 1.54) is 12.8 Å². The van der Waals surface area contributed by atoms with E-state index in [0.29, 0.717) is 32.0 Å². The van der Waals surface area contributed by atoms with E-state index in [4.69, 9.17) is 4.74 Å². The van der Waals surface area contributed by atoms with Gasteiger partial charge in [0.1, 0.15) is 12.4 Å². The van der Waals surface area contributed by atoms with Gasteiger partial charge in [-0.05, 0) is 50.1 Å². The van der Waals surface area contributed by atoms with Crippen molar-refractivity contribution in [3.8, 4) is 5.75 Å². The molecule has 2 bridgehead atoms. The summed E-state index contributed by atoms with van der Waals surface area (Å²) in [7, 11) is 2.11. The molecular formula is C28H40N4O3. The normalized spacial score (nSPS) is 26.8. The topological polar surface area (TPSA) is 56.3 Å². The summed E-state index contributed by atoms with van der Waals surface area (Å²) in [5.74, 6) is 2.54. The number of ether oxygens (including phenoxy) is 1. The minimum absolute atomic E-state index is 0.181. The van der Waals surface area contributed by atoms with Crippen LogP contribution in [0.2, 0.25) is 0 Å². The van der Waals surface area contributed by atoms with Gasteiger partial charge in [0.05, 0.1) is 6.54 Å². The zero-order valence-electron chi connectivity index (χ0n) is 21.1. The van der Waals surface area contributed by atoms with Gasteiger partial charge >= 0.3 is 0 Å². The van der Waals surface area contributed by atoms with Gasteiger partial charge in [-0.3, -0.25) is 14.5 Å². The predicted octanol–water partition coefficient (Wildman–Crippen LogP) is 2.48. The Balaban J connectivity index is 1.30. The Morgan fingerprint density at radius 2 is 1.83 bits per heavy atom. The molecule has 1 saturated carbocycles. The first-order valence-electron chi connectivity index (χ1n) is 13.4. The number of hydrogen-bond donors (Lipinski definition) is 0. The third-order valence-corrected chi connectivity index (χ3v) is 8.11. The summed E-state index contributed by atoms with van der Waals surface area (Å²) in [5, 5.41) is 0. The van der Waals surface area contributed by atoms with E-state index < -0.39 is 0 Å². The molecule has 190 valence electrons. The van der Waals surface area contributed by atoms with Crippen molar-refractivity contribution in [1.82, 2.24) is 19.6 Å². The number of fused-ring (bicyclic) bond motifs is 3. The van der Waals surface area contributed by atoms with Crippen molar-refractivity contribution < 1.29 is 14.3 Å². The highest BCUT2D eigenvalue weighted by molar-refractivity contribution is 5.79. The van der Waals surface area contributed by atoms with Gasteiger partial charge in [-0.25, -0.2) is 0 Å². The summed E-state index contributed by atoms with van der Waals surface area (Å²) >= 11 is 0. The standard InChI is InChI=1S/C28H40N4O3/c1-29-12-14-31(15-13-29)27(33)17-23-10-11-32-20-24(23)6-4-16-35-26-7-3-2-5-25(26)19-30(21-28(32)34)18-22-8-9-22/h2-7,22-24H,8-21H2,1H3/t23-,24-/m0/s1. The second-order valence-electron chi connectivity index (χ2n) is 10.9. The number of piperidine rings is 1. The number of hydrogen-bond acceptors (Lipinski definition) is 5. The number of para-hydroxylation sites is 1. The number of likely N-dealkylation sites (N-methyl/N-ethyl adjacent to an activating group) is 1. The first kappa shape index (κ1) is 24.3. The molecule has 2 saturated heterocycles. The number of carbonyl (C=O) groups is 2. The van der Waals surface area contributed by atoms with Crippen LogP contribution in [0.15, 0.2) is 36.4 Å². The number of nitrogens with zero attached hydrogens (tertiary/aromatic N) is 4. The lowest BCUT2D eigenvalue weighted by Crippen LogP contribution is -2.50. The minimum Gasteiger partial charge on any atom is -0.489 e. The van der Waals surface area contributed by atoms with Crippen LogP contribution in [0, 0.1) is 17.8 Å². The van der Waals surface area contributed by atoms with Gasteiger partial charge in [-0.1, -0.05) is 30.4 Å². The molecule has 5 rings (SSSR count). The first-order chi connectivity index (χ1) is 17.0. The van der Waals surface area contributed by atoms with E-state index in [9.17, 15) is 9.59 Å². The molecule has 0 aromatic heterocycles. The van der Waals surface area contributed by atoms with Gasteiger partial charge in [-0.2, -0.15) is 0 Å². The number of amides is 2. The molecule has 3 aliphatic heterocycles. The van der Waals surface area contributed by atoms with Gasteiger partial charge in [0.2, 0.25) is 11.8 Å². The van der Waals surface area contributed by atoms with Crippen LogP contribution in [0.3, 0.4) is 0 Å². The molecule has 7 nitrogen and oxygen atoms in total. The molecule has 0 N–H and O–H groups in total. The Kier molecular flexibility index (Phi) is 7.73. The summed E-state index contributed by atoms with van der Waals surface area (Å²) in [6.07, 6.45) is 8.26. The fourth-order valence-corrected chi connectivity index (χ4v) is 5.66. The van der Waals surface area contributed by atoms with Crippen LogP contribution in [0.5, 0.6) is 5.75 Å². The predicted molar refractivity (Wildman–Crippen MR) is 136 cm³/mol. The lowest BCUT2D eigenvalue weighted by molar-refractivity contribution is -0.136. The lowest BCUT2D eigenvalue weighted by atomic mass is 9.82. The van der Waals surface area contributed by atoms with Crippen molar-refractivity contribution in [2.75, 3.05) is 66.0 Å². The van der Waals surface area contributed by atoms with E-state index in [-0.39, 0.29) is 23.7 Å². The van der Waals surface area contributed by atoms with Crippen LogP contribution in [-0.4, -0.2) is 97.4 Å². The van der Waals surface area contributed by atoms with Crippen molar-refractivity contribution in [2.24, 2.45) is 17.8 Å². The molecular weight excluding hydrogens is 440 g/mol. The summed E-state index contributed by atoms with van der Waals surface area (Å²) < 4.78 is 6.16. The van der Waals surface area contributed by atoms with E-state index in [1.54, 1.807) is 0 Å². The molecule has 1 aromatic carbocycles. The van der Waals surface area contributed by atoms with Crippen LogP contribution in [0.25, 0.3) is 0 Å². The van der Waals surface area contributed by atoms with Gasteiger partial charge < -0.3 is 19.4 Å². The highest BCUT2D eigenvalue weighted by atomic mass is 16.5. The average Bonchev–Trinajstić information content (AvgIpc) is 3.67. The average molecular weight is 481 g/mol. The molecule has 1 aromatic rings. The van der Waals surface area contributed by atoms with Crippen LogP contribution in [0.4, 0.5) is 0 Å². The van der Waals surface area contributed by atoms with E-state index >= 15 is 0 Å². The molecule has 2 amide bonds. The fourth-order valence-electron chi connectivity index (χ4n) is 5.66. The maximum atomic E-state index is 13.4. The largest absolute Gasteiger partial charge is 0.489 e.